The maximum Gasteiger partial charge on any atom is 0.416 e. The molecule has 1 heterocycles. The number of allylic oxidation sites excluding steroid dienone is 3. The third kappa shape index (κ3) is 14.1. The summed E-state index contributed by atoms with van der Waals surface area (Å²) in [7, 11) is 0. The van der Waals surface area contributed by atoms with E-state index in [1.165, 1.54) is 96.0 Å². The van der Waals surface area contributed by atoms with Crippen molar-refractivity contribution in [1.29, 1.82) is 0 Å². The Morgan fingerprint density at radius 3 is 1.76 bits per heavy atom. The number of carbonyl (C=O) groups is 2. The van der Waals surface area contributed by atoms with Gasteiger partial charge in [-0.05, 0) is 44.6 Å². The van der Waals surface area contributed by atoms with E-state index in [1.807, 2.05) is 6.08 Å². The van der Waals surface area contributed by atoms with E-state index in [0.29, 0.717) is 13.2 Å². The summed E-state index contributed by atoms with van der Waals surface area (Å²) in [5.41, 5.74) is 0. The maximum absolute atomic E-state index is 11.8. The Bertz CT molecular complexity index is 484. The standard InChI is InChI=1S/C25H43NO3/c1-2-3-4-5-6-7-8-9-10-11-12-13-14-15-16-17-18-19-20-21-24(27)26-22-23-29-25(26)28/h9-10,20-21H,2-8,11-19,22-23H2,1H3/b10-9+,21-20+. The van der Waals surface area contributed by atoms with E-state index < -0.39 is 6.09 Å². The second-order valence-electron chi connectivity index (χ2n) is 8.09. The van der Waals surface area contributed by atoms with E-state index in [0.717, 1.165) is 17.7 Å². The molecule has 0 aromatic carbocycles. The molecule has 1 aliphatic heterocycles. The predicted molar refractivity (Wildman–Crippen MR) is 121 cm³/mol. The summed E-state index contributed by atoms with van der Waals surface area (Å²) in [5.74, 6) is -0.256. The molecule has 0 atom stereocenters. The molecular formula is C25H43NO3. The highest BCUT2D eigenvalue weighted by Crippen LogP contribution is 2.12. The number of ether oxygens (including phenoxy) is 1. The fraction of sp³-hybridized carbons (Fsp3) is 0.760. The Labute approximate surface area is 178 Å². The van der Waals surface area contributed by atoms with Gasteiger partial charge in [-0.2, -0.15) is 0 Å². The van der Waals surface area contributed by atoms with Crippen LogP contribution in [0.5, 0.6) is 0 Å². The zero-order valence-electron chi connectivity index (χ0n) is 18.7. The molecule has 0 aromatic heterocycles. The Morgan fingerprint density at radius 2 is 1.28 bits per heavy atom. The molecule has 0 radical (unpaired) electrons. The summed E-state index contributed by atoms with van der Waals surface area (Å²) in [6.07, 6.45) is 28.2. The first kappa shape index (κ1) is 25.5. The number of imide groups is 1. The SMILES string of the molecule is CCCCCCCC/C=C/CCCCCCCCC/C=C/C(=O)N1CCOC1=O. The first-order chi connectivity index (χ1) is 14.3. The summed E-state index contributed by atoms with van der Waals surface area (Å²) in [4.78, 5) is 24.2. The van der Waals surface area contributed by atoms with Crippen molar-refractivity contribution in [3.05, 3.63) is 24.3 Å². The minimum absolute atomic E-state index is 0.256. The molecule has 0 saturated carbocycles. The number of unbranched alkanes of at least 4 members (excludes halogenated alkanes) is 14. The van der Waals surface area contributed by atoms with Crippen molar-refractivity contribution in [3.63, 3.8) is 0 Å². The first-order valence-corrected chi connectivity index (χ1v) is 12.1. The largest absolute Gasteiger partial charge is 0.447 e. The summed E-state index contributed by atoms with van der Waals surface area (Å²) >= 11 is 0. The molecule has 0 bridgehead atoms. The van der Waals surface area contributed by atoms with E-state index in [-0.39, 0.29) is 5.91 Å². The topological polar surface area (TPSA) is 46.6 Å². The van der Waals surface area contributed by atoms with Crippen molar-refractivity contribution in [3.8, 4) is 0 Å². The van der Waals surface area contributed by atoms with Gasteiger partial charge in [0.1, 0.15) is 6.61 Å². The van der Waals surface area contributed by atoms with Crippen LogP contribution in [-0.2, 0) is 9.53 Å². The normalized spacial score (nSPS) is 14.4. The highest BCUT2D eigenvalue weighted by Gasteiger charge is 2.26. The molecule has 2 amide bonds. The van der Waals surface area contributed by atoms with Gasteiger partial charge in [0.15, 0.2) is 0 Å². The molecule has 1 fully saturated rings. The molecule has 4 heteroatoms. The van der Waals surface area contributed by atoms with Gasteiger partial charge in [0.25, 0.3) is 5.91 Å². The van der Waals surface area contributed by atoms with Gasteiger partial charge in [0, 0.05) is 0 Å². The molecule has 29 heavy (non-hydrogen) atoms. The summed E-state index contributed by atoms with van der Waals surface area (Å²) in [6.45, 7) is 2.95. The Hall–Kier alpha value is -1.58. The zero-order valence-corrected chi connectivity index (χ0v) is 18.7. The van der Waals surface area contributed by atoms with Crippen molar-refractivity contribution in [2.45, 2.75) is 110 Å². The number of carbonyl (C=O) groups excluding carboxylic acids is 2. The molecule has 0 spiro atoms. The zero-order chi connectivity index (χ0) is 21.0. The lowest BCUT2D eigenvalue weighted by Gasteiger charge is -2.06. The number of rotatable bonds is 18. The second kappa shape index (κ2) is 18.4. The Morgan fingerprint density at radius 1 is 0.793 bits per heavy atom. The molecule has 4 nitrogen and oxygen atoms in total. The van der Waals surface area contributed by atoms with Crippen LogP contribution in [0.1, 0.15) is 110 Å². The number of hydrogen-bond donors (Lipinski definition) is 0. The van der Waals surface area contributed by atoms with Gasteiger partial charge in [0.05, 0.1) is 6.54 Å². The van der Waals surface area contributed by atoms with E-state index in [2.05, 4.69) is 19.1 Å². The lowest BCUT2D eigenvalue weighted by molar-refractivity contribution is -0.122. The van der Waals surface area contributed by atoms with Crippen molar-refractivity contribution in [2.24, 2.45) is 0 Å². The highest BCUT2D eigenvalue weighted by atomic mass is 16.6. The van der Waals surface area contributed by atoms with E-state index in [9.17, 15) is 9.59 Å². The van der Waals surface area contributed by atoms with Gasteiger partial charge in [-0.25, -0.2) is 9.69 Å². The number of cyclic esters (lactones) is 1. The van der Waals surface area contributed by atoms with Crippen molar-refractivity contribution in [1.82, 2.24) is 4.90 Å². The quantitative estimate of drug-likeness (QED) is 0.136. The monoisotopic (exact) mass is 405 g/mol. The molecule has 166 valence electrons. The Kier molecular flexibility index (Phi) is 16.2. The van der Waals surface area contributed by atoms with Crippen molar-refractivity contribution < 1.29 is 14.3 Å². The minimum atomic E-state index is -0.520. The summed E-state index contributed by atoms with van der Waals surface area (Å²) < 4.78 is 4.76. The lowest BCUT2D eigenvalue weighted by Crippen LogP contribution is -2.29. The van der Waals surface area contributed by atoms with E-state index in [4.69, 9.17) is 4.74 Å². The second-order valence-corrected chi connectivity index (χ2v) is 8.09. The molecule has 1 saturated heterocycles. The average molecular weight is 406 g/mol. The van der Waals surface area contributed by atoms with Crippen molar-refractivity contribution in [2.75, 3.05) is 13.2 Å². The van der Waals surface area contributed by atoms with Crippen LogP contribution in [-0.4, -0.2) is 30.1 Å². The van der Waals surface area contributed by atoms with Crippen LogP contribution < -0.4 is 0 Å². The maximum atomic E-state index is 11.8. The summed E-state index contributed by atoms with van der Waals surface area (Å²) in [5, 5.41) is 0. The third-order valence-electron chi connectivity index (χ3n) is 5.42. The minimum Gasteiger partial charge on any atom is -0.447 e. The number of hydrogen-bond acceptors (Lipinski definition) is 3. The molecular weight excluding hydrogens is 362 g/mol. The highest BCUT2D eigenvalue weighted by molar-refractivity contribution is 5.99. The van der Waals surface area contributed by atoms with Crippen LogP contribution in [0.2, 0.25) is 0 Å². The summed E-state index contributed by atoms with van der Waals surface area (Å²) in [6, 6.07) is 0. The van der Waals surface area contributed by atoms with Crippen LogP contribution in [0.15, 0.2) is 24.3 Å². The third-order valence-corrected chi connectivity index (χ3v) is 5.42. The smallest absolute Gasteiger partial charge is 0.416 e. The number of amides is 2. The van der Waals surface area contributed by atoms with Gasteiger partial charge in [-0.3, -0.25) is 4.79 Å². The lowest BCUT2D eigenvalue weighted by atomic mass is 10.1. The van der Waals surface area contributed by atoms with Crippen LogP contribution in [0, 0.1) is 0 Å². The van der Waals surface area contributed by atoms with E-state index >= 15 is 0 Å². The molecule has 1 aliphatic rings. The van der Waals surface area contributed by atoms with Gasteiger partial charge in [0.2, 0.25) is 0 Å². The van der Waals surface area contributed by atoms with E-state index in [1.54, 1.807) is 0 Å². The molecule has 1 rings (SSSR count). The van der Waals surface area contributed by atoms with Crippen LogP contribution >= 0.6 is 0 Å². The number of nitrogens with zero attached hydrogens (tertiary/aromatic N) is 1. The van der Waals surface area contributed by atoms with Crippen molar-refractivity contribution >= 4 is 12.0 Å². The van der Waals surface area contributed by atoms with Crippen LogP contribution in [0.4, 0.5) is 4.79 Å². The van der Waals surface area contributed by atoms with Crippen LogP contribution in [0.3, 0.4) is 0 Å². The van der Waals surface area contributed by atoms with Gasteiger partial charge >= 0.3 is 6.09 Å². The molecule has 0 unspecified atom stereocenters. The molecule has 0 aliphatic carbocycles. The fourth-order valence-corrected chi connectivity index (χ4v) is 3.55. The molecule has 0 aromatic rings. The van der Waals surface area contributed by atoms with Crippen LogP contribution in [0.25, 0.3) is 0 Å². The van der Waals surface area contributed by atoms with Gasteiger partial charge in [-0.15, -0.1) is 0 Å². The predicted octanol–water partition coefficient (Wildman–Crippen LogP) is 7.34. The average Bonchev–Trinajstić information content (AvgIpc) is 3.15. The van der Waals surface area contributed by atoms with Gasteiger partial charge in [-0.1, -0.05) is 89.4 Å². The fourth-order valence-electron chi connectivity index (χ4n) is 3.55. The molecule has 0 N–H and O–H groups in total. The first-order valence-electron chi connectivity index (χ1n) is 12.1. The Balaban J connectivity index is 1.80. The van der Waals surface area contributed by atoms with Gasteiger partial charge < -0.3 is 4.74 Å².